The first-order valence-corrected chi connectivity index (χ1v) is 5.23. The molecule has 0 aromatic carbocycles. The summed E-state index contributed by atoms with van der Waals surface area (Å²) in [6.45, 7) is 2.26. The van der Waals surface area contributed by atoms with Crippen LogP contribution in [-0.2, 0) is 0 Å². The molecule has 0 radical (unpaired) electrons. The van der Waals surface area contributed by atoms with Crippen LogP contribution in [0.15, 0.2) is 0 Å². The van der Waals surface area contributed by atoms with E-state index in [1.807, 2.05) is 7.05 Å². The molecule has 1 atom stereocenters. The first kappa shape index (κ1) is 8.41. The molecule has 1 aliphatic heterocycles. The third-order valence-electron chi connectivity index (χ3n) is 2.21. The number of thioether (sulfide) groups is 1. The summed E-state index contributed by atoms with van der Waals surface area (Å²) in [7, 11) is 2.04. The lowest BCUT2D eigenvalue weighted by molar-refractivity contribution is 0.472. The molecule has 0 spiro atoms. The Labute approximate surface area is 68.0 Å². The third kappa shape index (κ3) is 2.51. The third-order valence-corrected chi connectivity index (χ3v) is 3.62. The fourth-order valence-corrected chi connectivity index (χ4v) is 1.98. The average Bonchev–Trinajstić information content (AvgIpc) is 1.84. The molecule has 1 aliphatic rings. The number of hydrogen-bond donors (Lipinski definition) is 1. The van der Waals surface area contributed by atoms with Gasteiger partial charge in [-0.05, 0) is 44.2 Å². The maximum absolute atomic E-state index is 3.26. The van der Waals surface area contributed by atoms with Crippen LogP contribution in [0.1, 0.15) is 19.8 Å². The molecular weight excluding hydrogens is 142 g/mol. The van der Waals surface area contributed by atoms with E-state index in [0.717, 1.165) is 5.92 Å². The van der Waals surface area contributed by atoms with Gasteiger partial charge in [0.1, 0.15) is 0 Å². The van der Waals surface area contributed by atoms with E-state index in [9.17, 15) is 0 Å². The van der Waals surface area contributed by atoms with Crippen molar-refractivity contribution in [1.29, 1.82) is 0 Å². The van der Waals surface area contributed by atoms with Crippen LogP contribution in [-0.4, -0.2) is 24.6 Å². The molecule has 0 aromatic rings. The molecule has 0 amide bonds. The molecule has 0 aliphatic carbocycles. The summed E-state index contributed by atoms with van der Waals surface area (Å²) in [6, 6.07) is 0.714. The zero-order chi connectivity index (χ0) is 7.40. The Hall–Kier alpha value is 0.310. The van der Waals surface area contributed by atoms with Gasteiger partial charge >= 0.3 is 0 Å². The minimum absolute atomic E-state index is 0.714. The van der Waals surface area contributed by atoms with E-state index in [4.69, 9.17) is 0 Å². The van der Waals surface area contributed by atoms with Gasteiger partial charge < -0.3 is 5.32 Å². The van der Waals surface area contributed by atoms with Crippen molar-refractivity contribution in [3.8, 4) is 0 Å². The smallest absolute Gasteiger partial charge is 0.00358 e. The average molecular weight is 159 g/mol. The van der Waals surface area contributed by atoms with Crippen LogP contribution < -0.4 is 5.32 Å². The molecule has 1 rings (SSSR count). The second-order valence-corrected chi connectivity index (χ2v) is 4.25. The standard InChI is InChI=1S/C8H17NS/c1-7(9-2)3-4-8-5-10-6-8/h7-9H,3-6H2,1-2H3. The molecule has 2 heteroatoms. The van der Waals surface area contributed by atoms with Crippen molar-refractivity contribution in [3.05, 3.63) is 0 Å². The Morgan fingerprint density at radius 2 is 2.30 bits per heavy atom. The van der Waals surface area contributed by atoms with E-state index in [1.165, 1.54) is 24.3 Å². The highest BCUT2D eigenvalue weighted by Gasteiger charge is 2.17. The van der Waals surface area contributed by atoms with Crippen molar-refractivity contribution in [2.24, 2.45) is 5.92 Å². The largest absolute Gasteiger partial charge is 0.317 e. The molecule has 1 heterocycles. The number of nitrogens with one attached hydrogen (secondary N) is 1. The number of rotatable bonds is 4. The van der Waals surface area contributed by atoms with Crippen LogP contribution in [0.3, 0.4) is 0 Å². The molecule has 1 fully saturated rings. The summed E-state index contributed by atoms with van der Waals surface area (Å²) < 4.78 is 0. The predicted octanol–water partition coefficient (Wildman–Crippen LogP) is 1.74. The van der Waals surface area contributed by atoms with Gasteiger partial charge in [-0.2, -0.15) is 11.8 Å². The molecule has 0 aromatic heterocycles. The fraction of sp³-hybridized carbons (Fsp3) is 1.00. The van der Waals surface area contributed by atoms with E-state index in [2.05, 4.69) is 24.0 Å². The normalized spacial score (nSPS) is 22.2. The minimum Gasteiger partial charge on any atom is -0.317 e. The van der Waals surface area contributed by atoms with Crippen LogP contribution in [0.4, 0.5) is 0 Å². The van der Waals surface area contributed by atoms with Crippen LogP contribution in [0.2, 0.25) is 0 Å². The number of hydrogen-bond acceptors (Lipinski definition) is 2. The van der Waals surface area contributed by atoms with Crippen molar-refractivity contribution in [2.45, 2.75) is 25.8 Å². The molecule has 60 valence electrons. The molecule has 1 nitrogen and oxygen atoms in total. The Kier molecular flexibility index (Phi) is 3.57. The summed E-state index contributed by atoms with van der Waals surface area (Å²) >= 11 is 2.08. The molecule has 0 saturated carbocycles. The van der Waals surface area contributed by atoms with Gasteiger partial charge in [-0.3, -0.25) is 0 Å². The van der Waals surface area contributed by atoms with Crippen molar-refractivity contribution in [3.63, 3.8) is 0 Å². The van der Waals surface area contributed by atoms with Crippen LogP contribution >= 0.6 is 11.8 Å². The highest BCUT2D eigenvalue weighted by Crippen LogP contribution is 2.28. The van der Waals surface area contributed by atoms with Gasteiger partial charge in [-0.15, -0.1) is 0 Å². The first-order valence-electron chi connectivity index (χ1n) is 4.08. The molecule has 0 bridgehead atoms. The van der Waals surface area contributed by atoms with E-state index in [0.29, 0.717) is 6.04 Å². The maximum atomic E-state index is 3.26. The van der Waals surface area contributed by atoms with Crippen molar-refractivity contribution < 1.29 is 0 Å². The van der Waals surface area contributed by atoms with Crippen LogP contribution in [0, 0.1) is 5.92 Å². The van der Waals surface area contributed by atoms with Gasteiger partial charge in [0.15, 0.2) is 0 Å². The zero-order valence-electron chi connectivity index (χ0n) is 6.89. The summed E-state index contributed by atoms with van der Waals surface area (Å²) in [5.41, 5.74) is 0. The van der Waals surface area contributed by atoms with Crippen molar-refractivity contribution in [2.75, 3.05) is 18.6 Å². The lowest BCUT2D eigenvalue weighted by Crippen LogP contribution is -2.25. The molecule has 1 saturated heterocycles. The van der Waals surface area contributed by atoms with Crippen molar-refractivity contribution in [1.82, 2.24) is 5.32 Å². The second-order valence-electron chi connectivity index (χ2n) is 3.17. The van der Waals surface area contributed by atoms with E-state index < -0.39 is 0 Å². The lowest BCUT2D eigenvalue weighted by atomic mass is 10.0. The molecule has 1 N–H and O–H groups in total. The SMILES string of the molecule is CNC(C)CCC1CSC1. The first-order chi connectivity index (χ1) is 4.83. The predicted molar refractivity (Wildman–Crippen MR) is 48.6 cm³/mol. The van der Waals surface area contributed by atoms with Gasteiger partial charge in [-0.1, -0.05) is 0 Å². The van der Waals surface area contributed by atoms with Gasteiger partial charge in [0.25, 0.3) is 0 Å². The monoisotopic (exact) mass is 159 g/mol. The lowest BCUT2D eigenvalue weighted by Gasteiger charge is -2.25. The Balaban J connectivity index is 1.93. The highest BCUT2D eigenvalue weighted by atomic mass is 32.2. The van der Waals surface area contributed by atoms with Gasteiger partial charge in [0, 0.05) is 6.04 Å². The minimum atomic E-state index is 0.714. The summed E-state index contributed by atoms with van der Waals surface area (Å²) in [5.74, 6) is 3.87. The highest BCUT2D eigenvalue weighted by molar-refractivity contribution is 8.00. The van der Waals surface area contributed by atoms with E-state index in [1.54, 1.807) is 0 Å². The maximum Gasteiger partial charge on any atom is 0.00358 e. The zero-order valence-corrected chi connectivity index (χ0v) is 7.71. The summed E-state index contributed by atoms with van der Waals surface area (Å²) in [4.78, 5) is 0. The summed E-state index contributed by atoms with van der Waals surface area (Å²) in [5, 5.41) is 3.26. The van der Waals surface area contributed by atoms with Gasteiger partial charge in [0.2, 0.25) is 0 Å². The van der Waals surface area contributed by atoms with Crippen LogP contribution in [0.25, 0.3) is 0 Å². The van der Waals surface area contributed by atoms with E-state index >= 15 is 0 Å². The molecular formula is C8H17NS. The van der Waals surface area contributed by atoms with Gasteiger partial charge in [0.05, 0.1) is 0 Å². The Morgan fingerprint density at radius 3 is 2.70 bits per heavy atom. The summed E-state index contributed by atoms with van der Waals surface area (Å²) in [6.07, 6.45) is 2.77. The fourth-order valence-electron chi connectivity index (χ4n) is 1.08. The second kappa shape index (κ2) is 4.24. The molecule has 1 unspecified atom stereocenters. The topological polar surface area (TPSA) is 12.0 Å². The van der Waals surface area contributed by atoms with E-state index in [-0.39, 0.29) is 0 Å². The van der Waals surface area contributed by atoms with Crippen LogP contribution in [0.5, 0.6) is 0 Å². The molecule has 10 heavy (non-hydrogen) atoms. The Bertz CT molecular complexity index is 86.5. The Morgan fingerprint density at radius 1 is 1.60 bits per heavy atom. The van der Waals surface area contributed by atoms with Gasteiger partial charge in [-0.25, -0.2) is 0 Å². The van der Waals surface area contributed by atoms with Crippen molar-refractivity contribution >= 4 is 11.8 Å². The quantitative estimate of drug-likeness (QED) is 0.670.